The van der Waals surface area contributed by atoms with Crippen LogP contribution in [0.25, 0.3) is 11.4 Å². The molecule has 0 unspecified atom stereocenters. The molecule has 20 heavy (non-hydrogen) atoms. The second kappa shape index (κ2) is 5.77. The number of hydrogen-bond donors (Lipinski definition) is 1. The van der Waals surface area contributed by atoms with Crippen LogP contribution in [0.3, 0.4) is 0 Å². The molecule has 1 fully saturated rings. The van der Waals surface area contributed by atoms with Gasteiger partial charge < -0.3 is 5.32 Å². The Hall–Kier alpha value is -1.01. The van der Waals surface area contributed by atoms with Gasteiger partial charge in [0.1, 0.15) is 5.82 Å². The first-order valence-corrected chi connectivity index (χ1v) is 8.20. The molecule has 3 rings (SSSR count). The fourth-order valence-electron chi connectivity index (χ4n) is 2.04. The predicted octanol–water partition coefficient (Wildman–Crippen LogP) is 4.37. The van der Waals surface area contributed by atoms with Gasteiger partial charge in [0.15, 0.2) is 5.82 Å². The van der Waals surface area contributed by atoms with Gasteiger partial charge in [-0.25, -0.2) is 9.97 Å². The molecule has 1 saturated carbocycles. The highest BCUT2D eigenvalue weighted by molar-refractivity contribution is 9.11. The Morgan fingerprint density at radius 3 is 2.70 bits per heavy atom. The lowest BCUT2D eigenvalue weighted by atomic mass is 10.2. The molecule has 0 atom stereocenters. The van der Waals surface area contributed by atoms with E-state index in [1.165, 1.54) is 12.8 Å². The third-order valence-electron chi connectivity index (χ3n) is 3.15. The molecule has 0 amide bonds. The number of pyridine rings is 1. The molecule has 0 aromatic carbocycles. The number of nitrogens with one attached hydrogen (secondary N) is 1. The topological polar surface area (TPSA) is 50.7 Å². The predicted molar refractivity (Wildman–Crippen MR) is 86.8 cm³/mol. The van der Waals surface area contributed by atoms with Gasteiger partial charge in [0.2, 0.25) is 0 Å². The van der Waals surface area contributed by atoms with Crippen molar-refractivity contribution in [1.29, 1.82) is 0 Å². The van der Waals surface area contributed by atoms with Gasteiger partial charge in [-0.1, -0.05) is 0 Å². The van der Waals surface area contributed by atoms with E-state index in [0.717, 1.165) is 38.4 Å². The van der Waals surface area contributed by atoms with Crippen LogP contribution in [0.4, 0.5) is 5.82 Å². The summed E-state index contributed by atoms with van der Waals surface area (Å²) in [7, 11) is 0. The van der Waals surface area contributed by atoms with Gasteiger partial charge in [0, 0.05) is 34.9 Å². The van der Waals surface area contributed by atoms with Crippen molar-refractivity contribution >= 4 is 37.7 Å². The quantitative estimate of drug-likeness (QED) is 0.831. The van der Waals surface area contributed by atoms with E-state index in [2.05, 4.69) is 54.1 Å². The molecule has 2 heterocycles. The summed E-state index contributed by atoms with van der Waals surface area (Å²) in [6, 6.07) is 1.99. The van der Waals surface area contributed by atoms with Crippen LogP contribution in [0.15, 0.2) is 27.4 Å². The number of halogens is 2. The Bertz CT molecular complexity index is 641. The first-order valence-electron chi connectivity index (χ1n) is 6.61. The van der Waals surface area contributed by atoms with Crippen molar-refractivity contribution in [3.05, 3.63) is 33.1 Å². The van der Waals surface area contributed by atoms with E-state index >= 15 is 0 Å². The van der Waals surface area contributed by atoms with Crippen LogP contribution in [0.5, 0.6) is 0 Å². The lowest BCUT2D eigenvalue weighted by molar-refractivity contribution is 0.972. The fraction of sp³-hybridized carbons (Fsp3) is 0.357. The highest BCUT2D eigenvalue weighted by Crippen LogP contribution is 2.44. The van der Waals surface area contributed by atoms with Crippen LogP contribution < -0.4 is 5.32 Å². The Morgan fingerprint density at radius 1 is 1.25 bits per heavy atom. The summed E-state index contributed by atoms with van der Waals surface area (Å²) in [6.07, 6.45) is 5.96. The summed E-state index contributed by atoms with van der Waals surface area (Å²) >= 11 is 7.07. The average molecular weight is 398 g/mol. The van der Waals surface area contributed by atoms with Gasteiger partial charge in [-0.2, -0.15) is 0 Å². The molecule has 0 aliphatic heterocycles. The molecular formula is C14H14Br2N4. The van der Waals surface area contributed by atoms with E-state index in [4.69, 9.17) is 4.98 Å². The Labute approximate surface area is 134 Å². The molecule has 6 heteroatoms. The molecule has 0 saturated heterocycles. The van der Waals surface area contributed by atoms with Gasteiger partial charge in [0.25, 0.3) is 0 Å². The van der Waals surface area contributed by atoms with Crippen LogP contribution in [-0.2, 0) is 0 Å². The van der Waals surface area contributed by atoms with E-state index in [1.54, 1.807) is 12.4 Å². The van der Waals surface area contributed by atoms with Gasteiger partial charge in [-0.3, -0.25) is 4.98 Å². The standard InChI is InChI=1S/C14H14Br2N4/c1-2-18-14-11(16)12(8-3-4-8)19-13(20-14)9-5-10(15)7-17-6-9/h5-8H,2-4H2,1H3,(H,18,19,20). The van der Waals surface area contributed by atoms with E-state index in [1.807, 2.05) is 6.07 Å². The molecule has 2 aromatic rings. The summed E-state index contributed by atoms with van der Waals surface area (Å²) in [6.45, 7) is 2.89. The van der Waals surface area contributed by atoms with E-state index < -0.39 is 0 Å². The molecular weight excluding hydrogens is 384 g/mol. The molecule has 1 aliphatic rings. The number of rotatable bonds is 4. The van der Waals surface area contributed by atoms with Crippen LogP contribution in [0, 0.1) is 0 Å². The minimum atomic E-state index is 0.559. The van der Waals surface area contributed by atoms with Gasteiger partial charge in [-0.15, -0.1) is 0 Å². The summed E-state index contributed by atoms with van der Waals surface area (Å²) in [5, 5.41) is 3.29. The summed E-state index contributed by atoms with van der Waals surface area (Å²) in [5.74, 6) is 2.14. The first kappa shape index (κ1) is 13.9. The summed E-state index contributed by atoms with van der Waals surface area (Å²) < 4.78 is 1.92. The molecule has 1 aliphatic carbocycles. The van der Waals surface area contributed by atoms with Crippen LogP contribution >= 0.6 is 31.9 Å². The highest BCUT2D eigenvalue weighted by atomic mass is 79.9. The van der Waals surface area contributed by atoms with Crippen molar-refractivity contribution in [3.63, 3.8) is 0 Å². The molecule has 2 aromatic heterocycles. The maximum atomic E-state index is 4.73. The van der Waals surface area contributed by atoms with E-state index in [0.29, 0.717) is 5.92 Å². The molecule has 0 spiro atoms. The molecule has 104 valence electrons. The Kier molecular flexibility index (Phi) is 4.03. The molecule has 1 N–H and O–H groups in total. The SMILES string of the molecule is CCNc1nc(-c2cncc(Br)c2)nc(C2CC2)c1Br. The van der Waals surface area contributed by atoms with Crippen molar-refractivity contribution in [1.82, 2.24) is 15.0 Å². The Balaban J connectivity index is 2.10. The first-order chi connectivity index (χ1) is 9.69. The van der Waals surface area contributed by atoms with Crippen molar-refractivity contribution in [3.8, 4) is 11.4 Å². The lowest BCUT2D eigenvalue weighted by Crippen LogP contribution is -2.06. The van der Waals surface area contributed by atoms with Crippen molar-refractivity contribution < 1.29 is 0 Å². The monoisotopic (exact) mass is 396 g/mol. The molecule has 0 bridgehead atoms. The normalized spacial score (nSPS) is 14.3. The highest BCUT2D eigenvalue weighted by Gasteiger charge is 2.29. The number of aromatic nitrogens is 3. The smallest absolute Gasteiger partial charge is 0.163 e. The second-order valence-corrected chi connectivity index (χ2v) is 6.50. The van der Waals surface area contributed by atoms with Crippen LogP contribution in [0.1, 0.15) is 31.4 Å². The van der Waals surface area contributed by atoms with Crippen LogP contribution in [0.2, 0.25) is 0 Å². The minimum absolute atomic E-state index is 0.559. The average Bonchev–Trinajstić information content (AvgIpc) is 3.26. The minimum Gasteiger partial charge on any atom is -0.369 e. The largest absolute Gasteiger partial charge is 0.369 e. The third-order valence-corrected chi connectivity index (χ3v) is 4.36. The van der Waals surface area contributed by atoms with Gasteiger partial charge in [-0.05, 0) is 57.7 Å². The van der Waals surface area contributed by atoms with Gasteiger partial charge in [0.05, 0.1) is 10.2 Å². The molecule has 0 radical (unpaired) electrons. The number of hydrogen-bond acceptors (Lipinski definition) is 4. The van der Waals surface area contributed by atoms with Gasteiger partial charge >= 0.3 is 0 Å². The second-order valence-electron chi connectivity index (χ2n) is 4.79. The van der Waals surface area contributed by atoms with Crippen molar-refractivity contribution in [2.75, 3.05) is 11.9 Å². The summed E-state index contributed by atoms with van der Waals surface area (Å²) in [4.78, 5) is 13.5. The molecule has 4 nitrogen and oxygen atoms in total. The van der Waals surface area contributed by atoms with Crippen molar-refractivity contribution in [2.24, 2.45) is 0 Å². The zero-order chi connectivity index (χ0) is 14.1. The Morgan fingerprint density at radius 2 is 2.05 bits per heavy atom. The fourth-order valence-corrected chi connectivity index (χ4v) is 3.05. The zero-order valence-corrected chi connectivity index (χ0v) is 14.2. The van der Waals surface area contributed by atoms with Crippen molar-refractivity contribution in [2.45, 2.75) is 25.7 Å². The zero-order valence-electron chi connectivity index (χ0n) is 11.0. The number of anilines is 1. The lowest BCUT2D eigenvalue weighted by Gasteiger charge is -2.12. The van der Waals surface area contributed by atoms with E-state index in [9.17, 15) is 0 Å². The third kappa shape index (κ3) is 2.86. The summed E-state index contributed by atoms with van der Waals surface area (Å²) in [5.41, 5.74) is 2.03. The van der Waals surface area contributed by atoms with E-state index in [-0.39, 0.29) is 0 Å². The van der Waals surface area contributed by atoms with Crippen LogP contribution in [-0.4, -0.2) is 21.5 Å². The maximum absolute atomic E-state index is 4.73. The number of nitrogens with zero attached hydrogens (tertiary/aromatic N) is 3. The maximum Gasteiger partial charge on any atom is 0.163 e.